The van der Waals surface area contributed by atoms with Gasteiger partial charge in [0.2, 0.25) is 0 Å². The summed E-state index contributed by atoms with van der Waals surface area (Å²) in [6.07, 6.45) is 6.47. The van der Waals surface area contributed by atoms with E-state index in [9.17, 15) is 5.11 Å². The first-order valence-corrected chi connectivity index (χ1v) is 5.31. The molecule has 2 aromatic heterocycles. The molecule has 3 rings (SSSR count). The maximum Gasteiger partial charge on any atom is 0.259 e. The Kier molecular flexibility index (Phi) is 2.09. The van der Waals surface area contributed by atoms with E-state index in [1.165, 1.54) is 12.6 Å². The van der Waals surface area contributed by atoms with Crippen molar-refractivity contribution in [2.75, 3.05) is 0 Å². The van der Waals surface area contributed by atoms with Crippen molar-refractivity contribution in [3.63, 3.8) is 0 Å². The van der Waals surface area contributed by atoms with Crippen molar-refractivity contribution in [3.8, 4) is 17.2 Å². The molecular formula is C11H11N3O2. The van der Waals surface area contributed by atoms with E-state index in [0.29, 0.717) is 17.4 Å². The summed E-state index contributed by atoms with van der Waals surface area (Å²) >= 11 is 0. The fourth-order valence-corrected chi connectivity index (χ4v) is 1.73. The second-order valence-electron chi connectivity index (χ2n) is 4.02. The van der Waals surface area contributed by atoms with Gasteiger partial charge in [-0.2, -0.15) is 4.98 Å². The van der Waals surface area contributed by atoms with Crippen LogP contribution in [0.15, 0.2) is 23.0 Å². The molecule has 0 spiro atoms. The Morgan fingerprint density at radius 3 is 2.88 bits per heavy atom. The summed E-state index contributed by atoms with van der Waals surface area (Å²) < 4.78 is 5.15. The molecule has 1 fully saturated rings. The second-order valence-corrected chi connectivity index (χ2v) is 4.02. The van der Waals surface area contributed by atoms with Crippen molar-refractivity contribution in [2.45, 2.75) is 25.2 Å². The standard InChI is InChI=1S/C11H11N3O2/c15-9-4-8(5-12-6-9)11-13-10(14-16-11)7-2-1-3-7/h4-7,15H,1-3H2. The number of hydrogen-bond donors (Lipinski definition) is 1. The van der Waals surface area contributed by atoms with Crippen molar-refractivity contribution in [1.29, 1.82) is 0 Å². The number of aromatic hydroxyl groups is 1. The fraction of sp³-hybridized carbons (Fsp3) is 0.364. The quantitative estimate of drug-likeness (QED) is 0.833. The zero-order valence-electron chi connectivity index (χ0n) is 8.63. The Bertz CT molecular complexity index is 505. The Morgan fingerprint density at radius 2 is 2.19 bits per heavy atom. The van der Waals surface area contributed by atoms with Gasteiger partial charge < -0.3 is 9.63 Å². The van der Waals surface area contributed by atoms with Crippen molar-refractivity contribution in [2.24, 2.45) is 0 Å². The van der Waals surface area contributed by atoms with Gasteiger partial charge in [-0.1, -0.05) is 11.6 Å². The second kappa shape index (κ2) is 3.59. The first kappa shape index (κ1) is 9.33. The van der Waals surface area contributed by atoms with Crippen LogP contribution in [0.25, 0.3) is 11.5 Å². The maximum atomic E-state index is 9.30. The van der Waals surface area contributed by atoms with Crippen LogP contribution in [0.4, 0.5) is 0 Å². The van der Waals surface area contributed by atoms with Crippen molar-refractivity contribution in [1.82, 2.24) is 15.1 Å². The largest absolute Gasteiger partial charge is 0.506 e. The highest BCUT2D eigenvalue weighted by Crippen LogP contribution is 2.35. The minimum atomic E-state index is 0.0981. The van der Waals surface area contributed by atoms with Crippen LogP contribution in [0.5, 0.6) is 5.75 Å². The highest BCUT2D eigenvalue weighted by Gasteiger charge is 2.24. The summed E-state index contributed by atoms with van der Waals surface area (Å²) in [6.45, 7) is 0. The first-order valence-electron chi connectivity index (χ1n) is 5.31. The molecule has 5 heteroatoms. The van der Waals surface area contributed by atoms with Gasteiger partial charge in [0.25, 0.3) is 5.89 Å². The summed E-state index contributed by atoms with van der Waals surface area (Å²) in [5.74, 6) is 1.73. The highest BCUT2D eigenvalue weighted by molar-refractivity contribution is 5.53. The van der Waals surface area contributed by atoms with Crippen LogP contribution in [0.3, 0.4) is 0 Å². The summed E-state index contributed by atoms with van der Waals surface area (Å²) in [5.41, 5.74) is 0.651. The summed E-state index contributed by atoms with van der Waals surface area (Å²) in [5, 5.41) is 13.2. The number of nitrogens with zero attached hydrogens (tertiary/aromatic N) is 3. The van der Waals surface area contributed by atoms with Crippen LogP contribution in [-0.4, -0.2) is 20.2 Å². The number of pyridine rings is 1. The van der Waals surface area contributed by atoms with Gasteiger partial charge in [-0.25, -0.2) is 0 Å². The predicted octanol–water partition coefficient (Wildman–Crippen LogP) is 2.10. The average molecular weight is 217 g/mol. The lowest BCUT2D eigenvalue weighted by molar-refractivity contribution is 0.366. The van der Waals surface area contributed by atoms with Gasteiger partial charge in [0.1, 0.15) is 5.75 Å². The highest BCUT2D eigenvalue weighted by atomic mass is 16.5. The van der Waals surface area contributed by atoms with Gasteiger partial charge >= 0.3 is 0 Å². The Hall–Kier alpha value is -1.91. The predicted molar refractivity (Wildman–Crippen MR) is 55.8 cm³/mol. The van der Waals surface area contributed by atoms with Crippen LogP contribution >= 0.6 is 0 Å². The SMILES string of the molecule is Oc1cncc(-c2nc(C3CCC3)no2)c1. The van der Waals surface area contributed by atoms with Gasteiger partial charge in [-0.3, -0.25) is 4.98 Å². The molecule has 0 amide bonds. The van der Waals surface area contributed by atoms with Crippen LogP contribution in [0, 0.1) is 0 Å². The zero-order chi connectivity index (χ0) is 11.0. The molecule has 0 aliphatic heterocycles. The monoisotopic (exact) mass is 217 g/mol. The fourth-order valence-electron chi connectivity index (χ4n) is 1.73. The van der Waals surface area contributed by atoms with Crippen LogP contribution in [0.1, 0.15) is 31.0 Å². The molecule has 0 bridgehead atoms. The van der Waals surface area contributed by atoms with Gasteiger partial charge in [0, 0.05) is 12.1 Å². The number of rotatable bonds is 2. The van der Waals surface area contributed by atoms with Crippen molar-refractivity contribution < 1.29 is 9.63 Å². The smallest absolute Gasteiger partial charge is 0.259 e. The zero-order valence-corrected chi connectivity index (χ0v) is 8.63. The summed E-state index contributed by atoms with van der Waals surface area (Å²) in [6, 6.07) is 1.56. The van der Waals surface area contributed by atoms with Gasteiger partial charge in [0.15, 0.2) is 5.82 Å². The third-order valence-electron chi connectivity index (χ3n) is 2.88. The van der Waals surface area contributed by atoms with Crippen molar-refractivity contribution in [3.05, 3.63) is 24.3 Å². The lowest BCUT2D eigenvalue weighted by atomic mass is 9.85. The third-order valence-corrected chi connectivity index (χ3v) is 2.88. The molecule has 1 aliphatic carbocycles. The Balaban J connectivity index is 1.91. The van der Waals surface area contributed by atoms with Crippen molar-refractivity contribution >= 4 is 0 Å². The molecule has 82 valence electrons. The molecule has 1 saturated carbocycles. The van der Waals surface area contributed by atoms with Gasteiger partial charge in [-0.05, 0) is 18.9 Å². The maximum absolute atomic E-state index is 9.30. The molecule has 0 saturated heterocycles. The van der Waals surface area contributed by atoms with E-state index in [2.05, 4.69) is 15.1 Å². The van der Waals surface area contributed by atoms with Gasteiger partial charge in [0.05, 0.1) is 11.8 Å². The molecule has 0 radical (unpaired) electrons. The van der Waals surface area contributed by atoms with Crippen LogP contribution in [-0.2, 0) is 0 Å². The Labute approximate surface area is 92.1 Å². The van der Waals surface area contributed by atoms with E-state index < -0.39 is 0 Å². The lowest BCUT2D eigenvalue weighted by Gasteiger charge is -2.20. The van der Waals surface area contributed by atoms with E-state index >= 15 is 0 Å². The lowest BCUT2D eigenvalue weighted by Crippen LogP contribution is -2.10. The van der Waals surface area contributed by atoms with E-state index in [-0.39, 0.29) is 5.75 Å². The molecule has 0 atom stereocenters. The Morgan fingerprint density at radius 1 is 1.31 bits per heavy atom. The molecule has 0 aromatic carbocycles. The summed E-state index contributed by atoms with van der Waals surface area (Å²) in [7, 11) is 0. The average Bonchev–Trinajstić information content (AvgIpc) is 2.64. The molecule has 2 heterocycles. The first-order chi connectivity index (χ1) is 7.83. The minimum absolute atomic E-state index is 0.0981. The van der Waals surface area contributed by atoms with E-state index in [4.69, 9.17) is 4.52 Å². The summed E-state index contributed by atoms with van der Waals surface area (Å²) in [4.78, 5) is 8.19. The topological polar surface area (TPSA) is 72.0 Å². The minimum Gasteiger partial charge on any atom is -0.506 e. The van der Waals surface area contributed by atoms with Gasteiger partial charge in [-0.15, -0.1) is 0 Å². The molecular weight excluding hydrogens is 206 g/mol. The molecule has 2 aromatic rings. The van der Waals surface area contributed by atoms with E-state index in [1.54, 1.807) is 12.3 Å². The third kappa shape index (κ3) is 1.54. The van der Waals surface area contributed by atoms with E-state index in [0.717, 1.165) is 18.7 Å². The normalized spacial score (nSPS) is 16.0. The van der Waals surface area contributed by atoms with Crippen LogP contribution < -0.4 is 0 Å². The van der Waals surface area contributed by atoms with Crippen LogP contribution in [0.2, 0.25) is 0 Å². The van der Waals surface area contributed by atoms with E-state index in [1.807, 2.05) is 0 Å². The molecule has 5 nitrogen and oxygen atoms in total. The molecule has 0 unspecified atom stereocenters. The molecule has 1 N–H and O–H groups in total. The number of aromatic nitrogens is 3. The molecule has 16 heavy (non-hydrogen) atoms. The number of hydrogen-bond acceptors (Lipinski definition) is 5. The molecule has 1 aliphatic rings.